The molecule has 2 fully saturated rings. The molecule has 3 heterocycles. The van der Waals surface area contributed by atoms with Crippen molar-refractivity contribution in [1.29, 1.82) is 0 Å². The Labute approximate surface area is 130 Å². The molecule has 0 radical (unpaired) electrons. The average molecular weight is 308 g/mol. The van der Waals surface area contributed by atoms with E-state index >= 15 is 0 Å². The molecule has 2 aliphatic heterocycles. The minimum absolute atomic E-state index is 0.0749. The summed E-state index contributed by atoms with van der Waals surface area (Å²) in [4.78, 5) is 17.1. The first-order valence-corrected chi connectivity index (χ1v) is 8.77. The normalized spacial score (nSPS) is 28.8. The molecule has 0 saturated carbocycles. The van der Waals surface area contributed by atoms with Crippen LogP contribution in [0.15, 0.2) is 16.8 Å². The first kappa shape index (κ1) is 15.0. The van der Waals surface area contributed by atoms with E-state index < -0.39 is 0 Å². The molecule has 4 nitrogen and oxygen atoms in total. The van der Waals surface area contributed by atoms with Gasteiger partial charge >= 0.3 is 0 Å². The molecule has 2 aliphatic rings. The molecular formula is C16H24N2O2S. The Morgan fingerprint density at radius 3 is 2.71 bits per heavy atom. The summed E-state index contributed by atoms with van der Waals surface area (Å²) >= 11 is 1.75. The van der Waals surface area contributed by atoms with Gasteiger partial charge in [-0.05, 0) is 42.7 Å². The lowest BCUT2D eigenvalue weighted by atomic mass is 10.0. The van der Waals surface area contributed by atoms with Gasteiger partial charge in [0.1, 0.15) is 0 Å². The molecule has 0 aliphatic carbocycles. The van der Waals surface area contributed by atoms with E-state index in [1.165, 1.54) is 5.56 Å². The van der Waals surface area contributed by atoms with E-state index in [-0.39, 0.29) is 12.0 Å². The van der Waals surface area contributed by atoms with Gasteiger partial charge in [0.25, 0.3) is 0 Å². The second-order valence-electron chi connectivity index (χ2n) is 6.06. The average Bonchev–Trinajstić information content (AvgIpc) is 3.17. The van der Waals surface area contributed by atoms with Gasteiger partial charge in [-0.15, -0.1) is 0 Å². The van der Waals surface area contributed by atoms with Gasteiger partial charge in [0.15, 0.2) is 0 Å². The van der Waals surface area contributed by atoms with Gasteiger partial charge in [-0.25, -0.2) is 0 Å². The zero-order chi connectivity index (χ0) is 14.8. The van der Waals surface area contributed by atoms with Crippen molar-refractivity contribution in [3.63, 3.8) is 0 Å². The number of carbonyl (C=O) groups excluding carboxylic acids is 1. The van der Waals surface area contributed by atoms with Gasteiger partial charge in [-0.3, -0.25) is 9.69 Å². The first-order chi connectivity index (χ1) is 10.2. The molecular weight excluding hydrogens is 284 g/mol. The van der Waals surface area contributed by atoms with Crippen LogP contribution in [0.4, 0.5) is 0 Å². The number of amides is 1. The summed E-state index contributed by atoms with van der Waals surface area (Å²) in [6.07, 6.45) is 0.964. The SMILES string of the molecule is CC1OCCC1C(=O)N1CCN(C(C)c2ccsc2)CC1. The van der Waals surface area contributed by atoms with Crippen LogP contribution in [0.3, 0.4) is 0 Å². The van der Waals surface area contributed by atoms with E-state index in [9.17, 15) is 4.79 Å². The number of nitrogens with zero attached hydrogens (tertiary/aromatic N) is 2. The Kier molecular flexibility index (Phi) is 4.62. The highest BCUT2D eigenvalue weighted by Crippen LogP contribution is 2.26. The van der Waals surface area contributed by atoms with Crippen molar-refractivity contribution in [2.75, 3.05) is 32.8 Å². The highest BCUT2D eigenvalue weighted by Gasteiger charge is 2.35. The summed E-state index contributed by atoms with van der Waals surface area (Å²) in [5, 5.41) is 4.35. The predicted molar refractivity (Wildman–Crippen MR) is 84.4 cm³/mol. The second kappa shape index (κ2) is 6.46. The summed E-state index contributed by atoms with van der Waals surface area (Å²) in [5.74, 6) is 0.369. The molecule has 0 aromatic carbocycles. The fourth-order valence-corrected chi connectivity index (χ4v) is 4.09. The molecule has 3 unspecified atom stereocenters. The zero-order valence-corrected chi connectivity index (χ0v) is 13.6. The molecule has 1 aromatic heterocycles. The molecule has 5 heteroatoms. The Morgan fingerprint density at radius 2 is 2.14 bits per heavy atom. The monoisotopic (exact) mass is 308 g/mol. The molecule has 1 amide bonds. The highest BCUT2D eigenvalue weighted by atomic mass is 32.1. The number of hydrogen-bond donors (Lipinski definition) is 0. The van der Waals surface area contributed by atoms with Crippen molar-refractivity contribution < 1.29 is 9.53 Å². The number of thiophene rings is 1. The van der Waals surface area contributed by atoms with Crippen LogP contribution >= 0.6 is 11.3 Å². The fraction of sp³-hybridized carbons (Fsp3) is 0.688. The van der Waals surface area contributed by atoms with E-state index in [2.05, 4.69) is 28.7 Å². The van der Waals surface area contributed by atoms with Gasteiger partial charge in [0.2, 0.25) is 5.91 Å². The topological polar surface area (TPSA) is 32.8 Å². The predicted octanol–water partition coefficient (Wildman–Crippen LogP) is 2.38. The van der Waals surface area contributed by atoms with E-state index in [0.717, 1.165) is 39.2 Å². The quantitative estimate of drug-likeness (QED) is 0.859. The molecule has 116 valence electrons. The van der Waals surface area contributed by atoms with Crippen LogP contribution in [-0.2, 0) is 9.53 Å². The highest BCUT2D eigenvalue weighted by molar-refractivity contribution is 7.07. The number of ether oxygens (including phenoxy) is 1. The van der Waals surface area contributed by atoms with Crippen LogP contribution in [0.1, 0.15) is 31.9 Å². The van der Waals surface area contributed by atoms with Crippen LogP contribution < -0.4 is 0 Å². The van der Waals surface area contributed by atoms with E-state index in [0.29, 0.717) is 11.9 Å². The maximum atomic E-state index is 12.5. The minimum Gasteiger partial charge on any atom is -0.378 e. The lowest BCUT2D eigenvalue weighted by molar-refractivity contribution is -0.139. The first-order valence-electron chi connectivity index (χ1n) is 7.83. The van der Waals surface area contributed by atoms with Crippen LogP contribution in [0.5, 0.6) is 0 Å². The lowest BCUT2D eigenvalue weighted by Gasteiger charge is -2.39. The molecule has 1 aromatic rings. The smallest absolute Gasteiger partial charge is 0.228 e. The molecule has 2 saturated heterocycles. The number of piperazine rings is 1. The second-order valence-corrected chi connectivity index (χ2v) is 6.85. The van der Waals surface area contributed by atoms with Gasteiger partial charge in [0, 0.05) is 38.8 Å². The Bertz CT molecular complexity index is 469. The molecule has 0 bridgehead atoms. The molecule has 0 N–H and O–H groups in total. The minimum atomic E-state index is 0.0749. The van der Waals surface area contributed by atoms with Gasteiger partial charge in [-0.2, -0.15) is 11.3 Å². The third-order valence-corrected chi connectivity index (χ3v) is 5.59. The van der Waals surface area contributed by atoms with Gasteiger partial charge < -0.3 is 9.64 Å². The largest absolute Gasteiger partial charge is 0.378 e. The Morgan fingerprint density at radius 1 is 1.38 bits per heavy atom. The van der Waals surface area contributed by atoms with Crippen molar-refractivity contribution in [1.82, 2.24) is 9.80 Å². The number of rotatable bonds is 3. The standard InChI is InChI=1S/C16H24N2O2S/c1-12(14-4-10-21-11-14)17-5-7-18(8-6-17)16(19)15-3-9-20-13(15)2/h4,10-13,15H,3,5-9H2,1-2H3. The van der Waals surface area contributed by atoms with Crippen LogP contribution in [0, 0.1) is 5.92 Å². The van der Waals surface area contributed by atoms with Crippen molar-refractivity contribution in [3.05, 3.63) is 22.4 Å². The van der Waals surface area contributed by atoms with Gasteiger partial charge in [-0.1, -0.05) is 0 Å². The van der Waals surface area contributed by atoms with Crippen molar-refractivity contribution >= 4 is 17.2 Å². The Balaban J connectivity index is 1.54. The van der Waals surface area contributed by atoms with Gasteiger partial charge in [0.05, 0.1) is 12.0 Å². The summed E-state index contributed by atoms with van der Waals surface area (Å²) in [6.45, 7) is 8.62. The maximum absolute atomic E-state index is 12.5. The molecule has 0 spiro atoms. The zero-order valence-electron chi connectivity index (χ0n) is 12.8. The number of hydrogen-bond acceptors (Lipinski definition) is 4. The summed E-state index contributed by atoms with van der Waals surface area (Å²) in [5.41, 5.74) is 1.39. The third kappa shape index (κ3) is 3.15. The van der Waals surface area contributed by atoms with Crippen molar-refractivity contribution in [2.24, 2.45) is 5.92 Å². The van der Waals surface area contributed by atoms with Crippen molar-refractivity contribution in [2.45, 2.75) is 32.4 Å². The number of carbonyl (C=O) groups is 1. The third-order valence-electron chi connectivity index (χ3n) is 4.89. The molecule has 3 rings (SSSR count). The van der Waals surface area contributed by atoms with E-state index in [1.807, 2.05) is 11.8 Å². The van der Waals surface area contributed by atoms with Crippen LogP contribution in [0.2, 0.25) is 0 Å². The summed E-state index contributed by atoms with van der Waals surface area (Å²) < 4.78 is 5.53. The molecule has 3 atom stereocenters. The maximum Gasteiger partial charge on any atom is 0.228 e. The fourth-order valence-electron chi connectivity index (χ4n) is 3.34. The summed E-state index contributed by atoms with van der Waals surface area (Å²) in [6, 6.07) is 2.65. The Hall–Kier alpha value is -0.910. The van der Waals surface area contributed by atoms with Crippen LogP contribution in [-0.4, -0.2) is 54.6 Å². The molecule has 21 heavy (non-hydrogen) atoms. The van der Waals surface area contributed by atoms with E-state index in [4.69, 9.17) is 4.74 Å². The van der Waals surface area contributed by atoms with Crippen molar-refractivity contribution in [3.8, 4) is 0 Å². The van der Waals surface area contributed by atoms with E-state index in [1.54, 1.807) is 11.3 Å². The van der Waals surface area contributed by atoms with Crippen LogP contribution in [0.25, 0.3) is 0 Å². The summed E-state index contributed by atoms with van der Waals surface area (Å²) in [7, 11) is 0. The lowest BCUT2D eigenvalue weighted by Crippen LogP contribution is -2.51.